The Morgan fingerprint density at radius 1 is 1.26 bits per heavy atom. The number of likely N-dealkylation sites (N-methyl/N-ethyl adjacent to an activating group) is 1. The molecule has 1 N–H and O–H groups in total. The minimum Gasteiger partial charge on any atom is -0.341 e. The number of hydrogen-bond donors (Lipinski definition) is 1. The Morgan fingerprint density at radius 2 is 1.89 bits per heavy atom. The summed E-state index contributed by atoms with van der Waals surface area (Å²) >= 11 is 0. The van der Waals surface area contributed by atoms with Gasteiger partial charge in [-0.3, -0.25) is 24.6 Å². The summed E-state index contributed by atoms with van der Waals surface area (Å²) in [6.07, 6.45) is 3.41. The largest absolute Gasteiger partial charge is 0.341 e. The van der Waals surface area contributed by atoms with Crippen molar-refractivity contribution in [1.29, 1.82) is 0 Å². The third kappa shape index (κ3) is 2.94. The highest BCUT2D eigenvalue weighted by atomic mass is 16.2. The lowest BCUT2D eigenvalue weighted by molar-refractivity contribution is -0.137. The fraction of sp³-hybridized carbons (Fsp3) is 0.769. The molecule has 0 aliphatic carbocycles. The van der Waals surface area contributed by atoms with Gasteiger partial charge in [0.05, 0.1) is 18.5 Å². The third-order valence-corrected chi connectivity index (χ3v) is 3.87. The topological polar surface area (TPSA) is 69.7 Å². The minimum absolute atomic E-state index is 0.0227. The second-order valence-corrected chi connectivity index (χ2v) is 5.32. The Balaban J connectivity index is 1.90. The predicted octanol–water partition coefficient (Wildman–Crippen LogP) is -0.266. The molecule has 0 aromatic rings. The average Bonchev–Trinajstić information content (AvgIpc) is 2.66. The summed E-state index contributed by atoms with van der Waals surface area (Å²) in [5.74, 6) is -0.419. The van der Waals surface area contributed by atoms with Gasteiger partial charge in [-0.15, -0.1) is 0 Å². The molecule has 3 amide bonds. The van der Waals surface area contributed by atoms with Crippen molar-refractivity contribution in [3.05, 3.63) is 0 Å². The van der Waals surface area contributed by atoms with Crippen LogP contribution in [0.5, 0.6) is 0 Å². The number of hydrogen-bond acceptors (Lipinski definition) is 4. The number of rotatable bonds is 3. The van der Waals surface area contributed by atoms with E-state index < -0.39 is 12.1 Å². The number of imide groups is 1. The monoisotopic (exact) mass is 267 g/mol. The van der Waals surface area contributed by atoms with E-state index >= 15 is 0 Å². The fourth-order valence-electron chi connectivity index (χ4n) is 2.65. The van der Waals surface area contributed by atoms with Crippen LogP contribution in [0, 0.1) is 0 Å². The highest BCUT2D eigenvalue weighted by molar-refractivity contribution is 6.05. The van der Waals surface area contributed by atoms with Crippen LogP contribution < -0.4 is 5.32 Å². The number of carbonyl (C=O) groups is 3. The van der Waals surface area contributed by atoms with Crippen LogP contribution in [0.4, 0.5) is 0 Å². The van der Waals surface area contributed by atoms with Gasteiger partial charge >= 0.3 is 0 Å². The summed E-state index contributed by atoms with van der Waals surface area (Å²) in [5.41, 5.74) is 0. The van der Waals surface area contributed by atoms with Gasteiger partial charge in [-0.2, -0.15) is 0 Å². The summed E-state index contributed by atoms with van der Waals surface area (Å²) in [5, 5.41) is 2.98. The number of likely N-dealkylation sites (tertiary alicyclic amines) is 2. The summed E-state index contributed by atoms with van der Waals surface area (Å²) in [6, 6.07) is -0.979. The molecule has 0 radical (unpaired) electrons. The molecule has 2 heterocycles. The highest BCUT2D eigenvalue weighted by Crippen LogP contribution is 2.13. The lowest BCUT2D eigenvalue weighted by Gasteiger charge is -2.30. The first kappa shape index (κ1) is 14.0. The molecule has 2 unspecified atom stereocenters. The lowest BCUT2D eigenvalue weighted by atomic mass is 10.1. The van der Waals surface area contributed by atoms with E-state index in [2.05, 4.69) is 5.32 Å². The second-order valence-electron chi connectivity index (χ2n) is 5.32. The van der Waals surface area contributed by atoms with E-state index in [0.29, 0.717) is 0 Å². The maximum Gasteiger partial charge on any atom is 0.246 e. The maximum atomic E-state index is 12.2. The maximum absolute atomic E-state index is 12.2. The van der Waals surface area contributed by atoms with E-state index in [-0.39, 0.29) is 24.1 Å². The van der Waals surface area contributed by atoms with Crippen LogP contribution in [0.1, 0.15) is 32.6 Å². The van der Waals surface area contributed by atoms with E-state index in [4.69, 9.17) is 0 Å². The van der Waals surface area contributed by atoms with Crippen molar-refractivity contribution in [2.75, 3.05) is 20.1 Å². The molecular weight excluding hydrogens is 246 g/mol. The van der Waals surface area contributed by atoms with Crippen molar-refractivity contribution in [2.24, 2.45) is 0 Å². The molecular formula is C13H21N3O3. The number of carbonyl (C=O) groups excluding carboxylic acids is 3. The molecule has 2 aliphatic rings. The van der Waals surface area contributed by atoms with Crippen molar-refractivity contribution in [1.82, 2.24) is 15.1 Å². The standard InChI is InChI=1S/C13H21N3O3/c1-9(12(18)16-6-4-3-5-7-16)14-10-8-11(17)15(2)13(10)19/h9-10,14H,3-8H2,1-2H3. The number of nitrogens with one attached hydrogen (secondary N) is 1. The van der Waals surface area contributed by atoms with E-state index in [0.717, 1.165) is 30.8 Å². The molecule has 0 spiro atoms. The zero-order chi connectivity index (χ0) is 14.0. The molecule has 6 nitrogen and oxygen atoms in total. The molecule has 2 rings (SSSR count). The van der Waals surface area contributed by atoms with E-state index in [1.807, 2.05) is 4.90 Å². The van der Waals surface area contributed by atoms with Crippen LogP contribution in [-0.2, 0) is 14.4 Å². The number of amides is 3. The zero-order valence-corrected chi connectivity index (χ0v) is 11.5. The summed E-state index contributed by atoms with van der Waals surface area (Å²) in [4.78, 5) is 38.4. The summed E-state index contributed by atoms with van der Waals surface area (Å²) < 4.78 is 0. The Morgan fingerprint density at radius 3 is 2.42 bits per heavy atom. The van der Waals surface area contributed by atoms with Gasteiger partial charge in [-0.25, -0.2) is 0 Å². The molecule has 2 saturated heterocycles. The molecule has 0 bridgehead atoms. The number of nitrogens with zero attached hydrogens (tertiary/aromatic N) is 2. The van der Waals surface area contributed by atoms with Crippen LogP contribution in [-0.4, -0.2) is 59.7 Å². The van der Waals surface area contributed by atoms with Crippen molar-refractivity contribution in [3.63, 3.8) is 0 Å². The molecule has 6 heteroatoms. The van der Waals surface area contributed by atoms with Gasteiger partial charge < -0.3 is 4.90 Å². The van der Waals surface area contributed by atoms with Gasteiger partial charge in [0.15, 0.2) is 0 Å². The van der Waals surface area contributed by atoms with Crippen LogP contribution in [0.15, 0.2) is 0 Å². The quantitative estimate of drug-likeness (QED) is 0.715. The molecule has 2 aliphatic heterocycles. The minimum atomic E-state index is -0.554. The predicted molar refractivity (Wildman–Crippen MR) is 69.2 cm³/mol. The lowest BCUT2D eigenvalue weighted by Crippen LogP contribution is -2.51. The number of piperidine rings is 1. The molecule has 0 saturated carbocycles. The first-order valence-corrected chi connectivity index (χ1v) is 6.86. The Hall–Kier alpha value is -1.43. The molecule has 19 heavy (non-hydrogen) atoms. The van der Waals surface area contributed by atoms with Crippen molar-refractivity contribution in [2.45, 2.75) is 44.7 Å². The van der Waals surface area contributed by atoms with Gasteiger partial charge in [-0.1, -0.05) is 0 Å². The van der Waals surface area contributed by atoms with Crippen molar-refractivity contribution >= 4 is 17.7 Å². The Labute approximate surface area is 113 Å². The van der Waals surface area contributed by atoms with E-state index in [1.165, 1.54) is 13.5 Å². The first-order chi connectivity index (χ1) is 9.00. The van der Waals surface area contributed by atoms with Crippen LogP contribution in [0.2, 0.25) is 0 Å². The Kier molecular flexibility index (Phi) is 4.19. The summed E-state index contributed by atoms with van der Waals surface area (Å²) in [6.45, 7) is 3.34. The fourth-order valence-corrected chi connectivity index (χ4v) is 2.65. The third-order valence-electron chi connectivity index (χ3n) is 3.87. The van der Waals surface area contributed by atoms with E-state index in [1.54, 1.807) is 6.92 Å². The van der Waals surface area contributed by atoms with Crippen molar-refractivity contribution in [3.8, 4) is 0 Å². The Bertz CT molecular complexity index is 391. The molecule has 0 aromatic heterocycles. The van der Waals surface area contributed by atoms with Crippen LogP contribution in [0.25, 0.3) is 0 Å². The van der Waals surface area contributed by atoms with Gasteiger partial charge in [0, 0.05) is 20.1 Å². The molecule has 0 aromatic carbocycles. The second kappa shape index (κ2) is 5.69. The zero-order valence-electron chi connectivity index (χ0n) is 11.5. The normalized spacial score (nSPS) is 25.9. The highest BCUT2D eigenvalue weighted by Gasteiger charge is 2.37. The van der Waals surface area contributed by atoms with Crippen LogP contribution >= 0.6 is 0 Å². The average molecular weight is 267 g/mol. The first-order valence-electron chi connectivity index (χ1n) is 6.86. The van der Waals surface area contributed by atoms with Gasteiger partial charge in [0.1, 0.15) is 0 Å². The van der Waals surface area contributed by atoms with Crippen molar-refractivity contribution < 1.29 is 14.4 Å². The van der Waals surface area contributed by atoms with Gasteiger partial charge in [0.2, 0.25) is 17.7 Å². The van der Waals surface area contributed by atoms with Gasteiger partial charge in [0.25, 0.3) is 0 Å². The SMILES string of the molecule is CC(NC1CC(=O)N(C)C1=O)C(=O)N1CCCCC1. The molecule has 2 atom stereocenters. The van der Waals surface area contributed by atoms with E-state index in [9.17, 15) is 14.4 Å². The smallest absolute Gasteiger partial charge is 0.246 e. The molecule has 106 valence electrons. The van der Waals surface area contributed by atoms with Crippen LogP contribution in [0.3, 0.4) is 0 Å². The molecule has 2 fully saturated rings. The summed E-state index contributed by atoms with van der Waals surface area (Å²) in [7, 11) is 1.48. The van der Waals surface area contributed by atoms with Gasteiger partial charge in [-0.05, 0) is 26.2 Å².